The van der Waals surface area contributed by atoms with Crippen LogP contribution in [0.3, 0.4) is 0 Å². The first-order valence-corrected chi connectivity index (χ1v) is 12.8. The van der Waals surface area contributed by atoms with Gasteiger partial charge in [-0.2, -0.15) is 0 Å². The number of esters is 1. The molecule has 2 N–H and O–H groups in total. The van der Waals surface area contributed by atoms with E-state index >= 15 is 0 Å². The topological polar surface area (TPSA) is 101 Å². The van der Waals surface area contributed by atoms with Crippen LogP contribution < -0.4 is 5.32 Å². The van der Waals surface area contributed by atoms with Gasteiger partial charge >= 0.3 is 5.97 Å². The molecule has 2 unspecified atom stereocenters. The van der Waals surface area contributed by atoms with Crippen LogP contribution in [0.4, 0.5) is 14.5 Å². The van der Waals surface area contributed by atoms with E-state index in [1.165, 1.54) is 30.1 Å². The van der Waals surface area contributed by atoms with Crippen LogP contribution in [-0.2, 0) is 19.9 Å². The minimum absolute atomic E-state index is 0.0496. The number of hydrogen-bond acceptors (Lipinski definition) is 7. The number of carbonyl (C=O) groups excluding carboxylic acids is 2. The second-order valence-corrected chi connectivity index (χ2v) is 11.1. The molecule has 1 aliphatic carbocycles. The summed E-state index contributed by atoms with van der Waals surface area (Å²) in [6.45, 7) is 2.26. The van der Waals surface area contributed by atoms with Crippen LogP contribution >= 0.6 is 11.3 Å². The molecule has 2 aromatic heterocycles. The molecule has 0 aromatic carbocycles. The van der Waals surface area contributed by atoms with Gasteiger partial charge in [-0.3, -0.25) is 4.79 Å². The molecule has 11 heteroatoms. The molecule has 3 atom stereocenters. The lowest BCUT2D eigenvalue weighted by atomic mass is 9.82. The van der Waals surface area contributed by atoms with Crippen LogP contribution in [0, 0.1) is 11.8 Å². The zero-order valence-electron chi connectivity index (χ0n) is 19.2. The molecule has 1 saturated carbocycles. The molecule has 0 radical (unpaired) electrons. The summed E-state index contributed by atoms with van der Waals surface area (Å²) in [4.78, 5) is 34.3. The highest BCUT2D eigenvalue weighted by molar-refractivity contribution is 7.10. The highest BCUT2D eigenvalue weighted by Gasteiger charge is 2.57. The van der Waals surface area contributed by atoms with Gasteiger partial charge in [-0.25, -0.2) is 23.5 Å². The van der Waals surface area contributed by atoms with Crippen LogP contribution in [0.15, 0.2) is 36.2 Å². The molecule has 3 aliphatic heterocycles. The van der Waals surface area contributed by atoms with E-state index in [2.05, 4.69) is 15.3 Å². The van der Waals surface area contributed by atoms with E-state index in [9.17, 15) is 23.5 Å². The smallest absolute Gasteiger partial charge is 0.344 e. The Morgan fingerprint density at radius 1 is 1.26 bits per heavy atom. The van der Waals surface area contributed by atoms with Crippen molar-refractivity contribution in [2.45, 2.75) is 49.7 Å². The molecular weight excluding hydrogens is 478 g/mol. The van der Waals surface area contributed by atoms with Gasteiger partial charge in [0.25, 0.3) is 5.91 Å². The maximum Gasteiger partial charge on any atom is 0.344 e. The van der Waals surface area contributed by atoms with E-state index in [1.807, 2.05) is 0 Å². The van der Waals surface area contributed by atoms with Gasteiger partial charge in [0, 0.05) is 42.4 Å². The number of nitrogens with zero attached hydrogens (tertiary/aromatic N) is 3. The number of halogens is 2. The van der Waals surface area contributed by atoms with Crippen LogP contribution in [-0.4, -0.2) is 69.6 Å². The monoisotopic (exact) mass is 507 g/mol. The quantitative estimate of drug-likeness (QED) is 0.442. The van der Waals surface area contributed by atoms with Crippen molar-refractivity contribution in [2.24, 2.45) is 11.8 Å². The van der Waals surface area contributed by atoms with E-state index < -0.39 is 35.9 Å². The number of nitrogens with one attached hydrogen (secondary N) is 1. The Morgan fingerprint density at radius 3 is 2.63 bits per heavy atom. The number of thiophene rings is 1. The fourth-order valence-corrected chi connectivity index (χ4v) is 6.83. The van der Waals surface area contributed by atoms with E-state index in [0.717, 1.165) is 25.9 Å². The summed E-state index contributed by atoms with van der Waals surface area (Å²) >= 11 is 1.17. The van der Waals surface area contributed by atoms with E-state index in [1.54, 1.807) is 17.5 Å². The number of rotatable bonds is 7. The summed E-state index contributed by atoms with van der Waals surface area (Å²) < 4.78 is 34.5. The van der Waals surface area contributed by atoms with Crippen LogP contribution in [0.5, 0.6) is 0 Å². The highest BCUT2D eigenvalue weighted by atomic mass is 32.1. The first-order chi connectivity index (χ1) is 16.7. The zero-order valence-corrected chi connectivity index (χ0v) is 20.1. The molecule has 3 saturated heterocycles. The third-order valence-electron chi connectivity index (χ3n) is 7.83. The Hall–Kier alpha value is -2.50. The molecule has 2 bridgehead atoms. The van der Waals surface area contributed by atoms with Crippen molar-refractivity contribution in [3.63, 3.8) is 0 Å². The summed E-state index contributed by atoms with van der Waals surface area (Å²) in [6, 6.07) is 3.29. The molecule has 0 spiro atoms. The minimum atomic E-state index is -2.90. The maximum absolute atomic E-state index is 14.0. The molecule has 188 valence electrons. The Bertz CT molecular complexity index is 1060. The van der Waals surface area contributed by atoms with Gasteiger partial charge in [0.05, 0.1) is 31.2 Å². The molecule has 5 heterocycles. The Labute approximate surface area is 205 Å². The zero-order chi connectivity index (χ0) is 24.7. The van der Waals surface area contributed by atoms with E-state index in [4.69, 9.17) is 4.74 Å². The van der Waals surface area contributed by atoms with Crippen molar-refractivity contribution in [3.8, 4) is 0 Å². The summed E-state index contributed by atoms with van der Waals surface area (Å²) in [6.07, 6.45) is 4.68. The van der Waals surface area contributed by atoms with Crippen LogP contribution in [0.2, 0.25) is 0 Å². The van der Waals surface area contributed by atoms with Crippen molar-refractivity contribution in [1.29, 1.82) is 0 Å². The van der Waals surface area contributed by atoms with Gasteiger partial charge in [-0.05, 0) is 17.9 Å². The molecule has 6 rings (SSSR count). The van der Waals surface area contributed by atoms with Crippen LogP contribution in [0.1, 0.15) is 37.0 Å². The fraction of sp³-hybridized carbons (Fsp3) is 0.583. The average Bonchev–Trinajstić information content (AvgIpc) is 3.50. The maximum atomic E-state index is 14.0. The molecule has 4 fully saturated rings. The second kappa shape index (κ2) is 9.18. The number of anilines is 1. The third kappa shape index (κ3) is 4.81. The lowest BCUT2D eigenvalue weighted by Crippen LogP contribution is -2.66. The van der Waals surface area contributed by atoms with E-state index in [0.29, 0.717) is 21.6 Å². The minimum Gasteiger partial charge on any atom is -0.454 e. The average molecular weight is 508 g/mol. The number of piperidine rings is 3. The number of amides is 1. The number of ether oxygens (including phenoxy) is 1. The standard InChI is InChI=1S/C24H28F2N4O4S/c25-23(26)6-3-17(10-23)24(33,20-2-1-9-35-20)22(32)34-19-13-30(7-4-16(19)5-8-30)14-21(31)29-18-11-27-15-28-12-18/h1-2,9,11-12,15-17,19,33H,3-8,10,13-14H2/p+1/t16?,17?,19-,24?,30?/m0/s1. The molecule has 35 heavy (non-hydrogen) atoms. The number of hydrogen-bond donors (Lipinski definition) is 2. The highest BCUT2D eigenvalue weighted by Crippen LogP contribution is 2.49. The predicted octanol–water partition coefficient (Wildman–Crippen LogP) is 2.95. The lowest BCUT2D eigenvalue weighted by molar-refractivity contribution is -0.939. The number of quaternary nitrogens is 1. The second-order valence-electron chi connectivity index (χ2n) is 10.1. The Kier molecular flexibility index (Phi) is 6.35. The first-order valence-electron chi connectivity index (χ1n) is 11.9. The van der Waals surface area contributed by atoms with Crippen LogP contribution in [0.25, 0.3) is 0 Å². The van der Waals surface area contributed by atoms with E-state index in [-0.39, 0.29) is 31.2 Å². The van der Waals surface area contributed by atoms with Crippen molar-refractivity contribution < 1.29 is 32.7 Å². The largest absolute Gasteiger partial charge is 0.454 e. The summed E-state index contributed by atoms with van der Waals surface area (Å²) in [7, 11) is 0. The van der Waals surface area contributed by atoms with Gasteiger partial charge in [-0.1, -0.05) is 6.07 Å². The SMILES string of the molecule is O=C(C[N+]12CCC(CC1)[C@@H](OC(=O)C(O)(c1cccs1)C1CCC(F)(F)C1)C2)Nc1cncnc1. The lowest BCUT2D eigenvalue weighted by Gasteiger charge is -2.51. The van der Waals surface area contributed by atoms with Gasteiger partial charge in [-0.15, -0.1) is 11.3 Å². The number of aromatic nitrogens is 2. The third-order valence-corrected chi connectivity index (χ3v) is 8.82. The summed E-state index contributed by atoms with van der Waals surface area (Å²) in [5, 5.41) is 16.1. The number of carbonyl (C=O) groups is 2. The van der Waals surface area contributed by atoms with Crippen molar-refractivity contribution in [2.75, 3.05) is 31.5 Å². The predicted molar refractivity (Wildman–Crippen MR) is 123 cm³/mol. The molecule has 8 nitrogen and oxygen atoms in total. The van der Waals surface area contributed by atoms with Gasteiger partial charge < -0.3 is 19.6 Å². The van der Waals surface area contributed by atoms with Crippen molar-refractivity contribution in [3.05, 3.63) is 41.1 Å². The van der Waals surface area contributed by atoms with Gasteiger partial charge in [0.2, 0.25) is 5.92 Å². The van der Waals surface area contributed by atoms with Gasteiger partial charge in [0.1, 0.15) is 12.9 Å². The first kappa shape index (κ1) is 24.2. The molecule has 2 aromatic rings. The van der Waals surface area contributed by atoms with Gasteiger partial charge in [0.15, 0.2) is 18.2 Å². The van der Waals surface area contributed by atoms with Crippen molar-refractivity contribution >= 4 is 28.9 Å². The summed E-state index contributed by atoms with van der Waals surface area (Å²) in [5.41, 5.74) is -1.59. The molecule has 1 amide bonds. The summed E-state index contributed by atoms with van der Waals surface area (Å²) in [5.74, 6) is -4.72. The number of aliphatic hydroxyl groups is 1. The Morgan fingerprint density at radius 2 is 2.00 bits per heavy atom. The fourth-order valence-electron chi connectivity index (χ4n) is 5.94. The Balaban J connectivity index is 1.30. The number of alkyl halides is 2. The normalized spacial score (nSPS) is 31.0. The molecular formula is C24H29F2N4O4S+. The number of fused-ring (bicyclic) bond motifs is 3. The molecule has 4 aliphatic rings. The van der Waals surface area contributed by atoms with Crippen molar-refractivity contribution in [1.82, 2.24) is 9.97 Å².